The van der Waals surface area contributed by atoms with E-state index in [4.69, 9.17) is 6.42 Å². The summed E-state index contributed by atoms with van der Waals surface area (Å²) >= 11 is 0. The summed E-state index contributed by atoms with van der Waals surface area (Å²) in [6.07, 6.45) is 12.9. The standard InChI is InChI=1S/C14H25N/c1-4-6-10-14(15-11-5-2)13-9-7-8-12(13)3/h1,12-15H,5-11H2,2-3H3. The molecule has 1 N–H and O–H groups in total. The second kappa shape index (κ2) is 6.90. The summed E-state index contributed by atoms with van der Waals surface area (Å²) in [5, 5.41) is 3.68. The molecule has 1 heteroatoms. The lowest BCUT2D eigenvalue weighted by Gasteiger charge is -2.27. The molecule has 1 saturated carbocycles. The summed E-state index contributed by atoms with van der Waals surface area (Å²) in [6, 6.07) is 0.665. The van der Waals surface area contributed by atoms with Gasteiger partial charge in [0.1, 0.15) is 0 Å². The van der Waals surface area contributed by atoms with Gasteiger partial charge in [-0.3, -0.25) is 0 Å². The molecule has 86 valence electrons. The fourth-order valence-corrected chi connectivity index (χ4v) is 2.81. The average molecular weight is 207 g/mol. The molecule has 0 amide bonds. The number of hydrogen-bond donors (Lipinski definition) is 1. The fraction of sp³-hybridized carbons (Fsp3) is 0.857. The average Bonchev–Trinajstić information content (AvgIpc) is 2.65. The van der Waals surface area contributed by atoms with Gasteiger partial charge in [-0.2, -0.15) is 0 Å². The van der Waals surface area contributed by atoms with E-state index in [1.165, 1.54) is 25.7 Å². The van der Waals surface area contributed by atoms with Crippen LogP contribution in [0.5, 0.6) is 0 Å². The van der Waals surface area contributed by atoms with Crippen LogP contribution in [0, 0.1) is 24.2 Å². The van der Waals surface area contributed by atoms with E-state index < -0.39 is 0 Å². The van der Waals surface area contributed by atoms with Gasteiger partial charge in [0, 0.05) is 12.5 Å². The zero-order valence-electron chi connectivity index (χ0n) is 10.3. The Bertz CT molecular complexity index is 204. The van der Waals surface area contributed by atoms with Gasteiger partial charge in [-0.05, 0) is 37.6 Å². The van der Waals surface area contributed by atoms with Crippen molar-refractivity contribution >= 4 is 0 Å². The number of terminal acetylenes is 1. The van der Waals surface area contributed by atoms with E-state index in [0.29, 0.717) is 6.04 Å². The summed E-state index contributed by atoms with van der Waals surface area (Å²) in [7, 11) is 0. The van der Waals surface area contributed by atoms with Gasteiger partial charge in [0.15, 0.2) is 0 Å². The Hall–Kier alpha value is -0.480. The van der Waals surface area contributed by atoms with Crippen molar-refractivity contribution in [2.24, 2.45) is 11.8 Å². The van der Waals surface area contributed by atoms with Crippen molar-refractivity contribution in [1.29, 1.82) is 0 Å². The highest BCUT2D eigenvalue weighted by Gasteiger charge is 2.29. The van der Waals surface area contributed by atoms with Crippen molar-refractivity contribution in [3.63, 3.8) is 0 Å². The third-order valence-corrected chi connectivity index (χ3v) is 3.70. The maximum Gasteiger partial charge on any atom is 0.0107 e. The van der Waals surface area contributed by atoms with Crippen LogP contribution in [-0.4, -0.2) is 12.6 Å². The molecule has 0 aliphatic heterocycles. The van der Waals surface area contributed by atoms with Crippen molar-refractivity contribution < 1.29 is 0 Å². The Balaban J connectivity index is 2.42. The number of hydrogen-bond acceptors (Lipinski definition) is 1. The second-order valence-corrected chi connectivity index (χ2v) is 4.88. The summed E-state index contributed by atoms with van der Waals surface area (Å²) in [5.41, 5.74) is 0. The molecular formula is C14H25N. The smallest absolute Gasteiger partial charge is 0.0107 e. The largest absolute Gasteiger partial charge is 0.314 e. The summed E-state index contributed by atoms with van der Waals surface area (Å²) in [4.78, 5) is 0. The first kappa shape index (κ1) is 12.6. The molecule has 3 unspecified atom stereocenters. The molecule has 1 aliphatic carbocycles. The van der Waals surface area contributed by atoms with Crippen LogP contribution in [0.15, 0.2) is 0 Å². The Labute approximate surface area is 95.0 Å². The third-order valence-electron chi connectivity index (χ3n) is 3.70. The minimum absolute atomic E-state index is 0.665. The predicted molar refractivity (Wildman–Crippen MR) is 66.7 cm³/mol. The van der Waals surface area contributed by atoms with Gasteiger partial charge in [-0.1, -0.05) is 26.7 Å². The SMILES string of the molecule is C#CCCC(NCCC)C1CCCC1C. The summed E-state index contributed by atoms with van der Waals surface area (Å²) < 4.78 is 0. The van der Waals surface area contributed by atoms with E-state index >= 15 is 0 Å². The molecule has 0 heterocycles. The summed E-state index contributed by atoms with van der Waals surface area (Å²) in [6.45, 7) is 5.76. The Kier molecular flexibility index (Phi) is 5.79. The lowest BCUT2D eigenvalue weighted by Crippen LogP contribution is -2.37. The highest BCUT2D eigenvalue weighted by molar-refractivity contribution is 4.90. The molecule has 0 bridgehead atoms. The molecule has 0 aromatic rings. The van der Waals surface area contributed by atoms with Gasteiger partial charge >= 0.3 is 0 Å². The van der Waals surface area contributed by atoms with E-state index in [-0.39, 0.29) is 0 Å². The first-order valence-electron chi connectivity index (χ1n) is 6.46. The lowest BCUT2D eigenvalue weighted by molar-refractivity contribution is 0.286. The Morgan fingerprint density at radius 3 is 2.80 bits per heavy atom. The zero-order valence-corrected chi connectivity index (χ0v) is 10.3. The van der Waals surface area contributed by atoms with Crippen LogP contribution in [0.25, 0.3) is 0 Å². The van der Waals surface area contributed by atoms with E-state index in [9.17, 15) is 0 Å². The second-order valence-electron chi connectivity index (χ2n) is 4.88. The van der Waals surface area contributed by atoms with Crippen LogP contribution in [0.1, 0.15) is 52.4 Å². The minimum Gasteiger partial charge on any atom is -0.314 e. The van der Waals surface area contributed by atoms with E-state index in [0.717, 1.165) is 31.2 Å². The van der Waals surface area contributed by atoms with Gasteiger partial charge in [0.25, 0.3) is 0 Å². The van der Waals surface area contributed by atoms with Crippen molar-refractivity contribution in [1.82, 2.24) is 5.32 Å². The van der Waals surface area contributed by atoms with Crippen LogP contribution in [-0.2, 0) is 0 Å². The van der Waals surface area contributed by atoms with Crippen LogP contribution in [0.2, 0.25) is 0 Å². The highest BCUT2D eigenvalue weighted by Crippen LogP contribution is 2.34. The van der Waals surface area contributed by atoms with Crippen LogP contribution in [0.4, 0.5) is 0 Å². The normalized spacial score (nSPS) is 27.5. The van der Waals surface area contributed by atoms with E-state index in [1.807, 2.05) is 0 Å². The fourth-order valence-electron chi connectivity index (χ4n) is 2.81. The van der Waals surface area contributed by atoms with Crippen molar-refractivity contribution in [3.8, 4) is 12.3 Å². The molecule has 1 fully saturated rings. The Morgan fingerprint density at radius 1 is 1.47 bits per heavy atom. The first-order chi connectivity index (χ1) is 7.29. The number of rotatable bonds is 6. The van der Waals surface area contributed by atoms with Crippen molar-refractivity contribution in [2.45, 2.75) is 58.4 Å². The maximum absolute atomic E-state index is 5.36. The molecule has 1 nitrogen and oxygen atoms in total. The van der Waals surface area contributed by atoms with Gasteiger partial charge in [0.2, 0.25) is 0 Å². The topological polar surface area (TPSA) is 12.0 Å². The highest BCUT2D eigenvalue weighted by atomic mass is 14.9. The minimum atomic E-state index is 0.665. The third kappa shape index (κ3) is 3.87. The van der Waals surface area contributed by atoms with Crippen molar-refractivity contribution in [2.75, 3.05) is 6.54 Å². The van der Waals surface area contributed by atoms with Gasteiger partial charge < -0.3 is 5.32 Å². The molecule has 15 heavy (non-hydrogen) atoms. The zero-order chi connectivity index (χ0) is 11.1. The quantitative estimate of drug-likeness (QED) is 0.660. The molecular weight excluding hydrogens is 182 g/mol. The Morgan fingerprint density at radius 2 is 2.27 bits per heavy atom. The monoisotopic (exact) mass is 207 g/mol. The molecule has 0 radical (unpaired) electrons. The molecule has 1 aliphatic rings. The molecule has 0 spiro atoms. The van der Waals surface area contributed by atoms with Crippen LogP contribution in [0.3, 0.4) is 0 Å². The van der Waals surface area contributed by atoms with Gasteiger partial charge in [0.05, 0.1) is 0 Å². The molecule has 0 aromatic heterocycles. The van der Waals surface area contributed by atoms with E-state index in [1.54, 1.807) is 0 Å². The first-order valence-corrected chi connectivity index (χ1v) is 6.46. The van der Waals surface area contributed by atoms with Crippen LogP contribution < -0.4 is 5.32 Å². The van der Waals surface area contributed by atoms with Crippen molar-refractivity contribution in [3.05, 3.63) is 0 Å². The molecule has 1 rings (SSSR count). The maximum atomic E-state index is 5.36. The predicted octanol–water partition coefficient (Wildman–Crippen LogP) is 3.20. The molecule has 0 saturated heterocycles. The molecule has 0 aromatic carbocycles. The van der Waals surface area contributed by atoms with Crippen LogP contribution >= 0.6 is 0 Å². The molecule has 3 atom stereocenters. The number of nitrogens with one attached hydrogen (secondary N) is 1. The van der Waals surface area contributed by atoms with Gasteiger partial charge in [-0.15, -0.1) is 12.3 Å². The lowest BCUT2D eigenvalue weighted by atomic mass is 9.87. The van der Waals surface area contributed by atoms with E-state index in [2.05, 4.69) is 25.1 Å². The summed E-state index contributed by atoms with van der Waals surface area (Å²) in [5.74, 6) is 4.52. The van der Waals surface area contributed by atoms with Gasteiger partial charge in [-0.25, -0.2) is 0 Å².